The first-order valence-electron chi connectivity index (χ1n) is 9.78. The molecule has 0 unspecified atom stereocenters. The monoisotopic (exact) mass is 375 g/mol. The number of amides is 1. The molecule has 0 spiro atoms. The second-order valence-corrected chi connectivity index (χ2v) is 8.30. The van der Waals surface area contributed by atoms with E-state index in [0.717, 1.165) is 23.4 Å². The van der Waals surface area contributed by atoms with Crippen LogP contribution in [0.5, 0.6) is 0 Å². The summed E-state index contributed by atoms with van der Waals surface area (Å²) in [5.41, 5.74) is 5.99. The maximum atomic E-state index is 12.9. The van der Waals surface area contributed by atoms with Gasteiger partial charge in [0.25, 0.3) is 5.91 Å². The molecule has 0 bridgehead atoms. The van der Waals surface area contributed by atoms with Gasteiger partial charge in [0.1, 0.15) is 5.82 Å². The fourth-order valence-electron chi connectivity index (χ4n) is 3.07. The Labute approximate surface area is 167 Å². The molecule has 3 aromatic rings. The molecule has 4 nitrogen and oxygen atoms in total. The first-order valence-corrected chi connectivity index (χ1v) is 9.78. The average molecular weight is 376 g/mol. The first-order chi connectivity index (χ1) is 13.2. The fraction of sp³-hybridized carbons (Fsp3) is 0.333. The van der Waals surface area contributed by atoms with Crippen LogP contribution in [-0.2, 0) is 11.8 Å². The smallest absolute Gasteiger partial charge is 0.256 e. The van der Waals surface area contributed by atoms with Crippen LogP contribution >= 0.6 is 0 Å². The third-order valence-corrected chi connectivity index (χ3v) is 5.15. The Morgan fingerprint density at radius 2 is 1.75 bits per heavy atom. The molecule has 1 heterocycles. The van der Waals surface area contributed by atoms with E-state index in [2.05, 4.69) is 52.9 Å². The van der Waals surface area contributed by atoms with Crippen molar-refractivity contribution in [1.82, 2.24) is 9.78 Å². The van der Waals surface area contributed by atoms with Crippen LogP contribution in [0.2, 0.25) is 0 Å². The van der Waals surface area contributed by atoms with Crippen LogP contribution in [0.1, 0.15) is 60.4 Å². The zero-order valence-corrected chi connectivity index (χ0v) is 17.6. The maximum absolute atomic E-state index is 12.9. The number of carbonyl (C=O) groups is 1. The molecule has 1 aromatic heterocycles. The highest BCUT2D eigenvalue weighted by Crippen LogP contribution is 2.28. The molecule has 0 aliphatic heterocycles. The molecule has 0 aliphatic carbocycles. The largest absolute Gasteiger partial charge is 0.306 e. The first kappa shape index (κ1) is 19.9. The molecule has 2 aromatic carbocycles. The molecule has 0 radical (unpaired) electrons. The van der Waals surface area contributed by atoms with Gasteiger partial charge in [0.05, 0.1) is 11.4 Å². The SMILES string of the molecule is CCc1ccc(C(=O)Nc2cc(C(C)(C)C)nn2-c2cccc(C)c2C)cc1. The van der Waals surface area contributed by atoms with Gasteiger partial charge in [0, 0.05) is 17.0 Å². The summed E-state index contributed by atoms with van der Waals surface area (Å²) in [6.07, 6.45) is 0.955. The number of benzene rings is 2. The zero-order chi connectivity index (χ0) is 20.5. The molecular weight excluding hydrogens is 346 g/mol. The third-order valence-electron chi connectivity index (χ3n) is 5.15. The standard InChI is InChI=1S/C24H29N3O/c1-7-18-11-13-19(14-12-18)23(28)25-22-15-21(24(4,5)6)26-27(22)20-10-8-9-16(2)17(20)3/h8-15H,7H2,1-6H3,(H,25,28). The van der Waals surface area contributed by atoms with E-state index in [0.29, 0.717) is 11.4 Å². The van der Waals surface area contributed by atoms with Gasteiger partial charge in [-0.3, -0.25) is 4.79 Å². The minimum Gasteiger partial charge on any atom is -0.306 e. The minimum absolute atomic E-state index is 0.120. The van der Waals surface area contributed by atoms with Crippen LogP contribution in [0.25, 0.3) is 5.69 Å². The molecule has 0 atom stereocenters. The van der Waals surface area contributed by atoms with Gasteiger partial charge in [-0.1, -0.05) is 52.0 Å². The van der Waals surface area contributed by atoms with Crippen LogP contribution < -0.4 is 5.32 Å². The summed E-state index contributed by atoms with van der Waals surface area (Å²) in [6, 6.07) is 15.9. The van der Waals surface area contributed by atoms with Crippen LogP contribution in [0.15, 0.2) is 48.5 Å². The van der Waals surface area contributed by atoms with Crippen LogP contribution in [0.3, 0.4) is 0 Å². The van der Waals surface area contributed by atoms with Gasteiger partial charge in [-0.15, -0.1) is 0 Å². The Kier molecular flexibility index (Phi) is 5.41. The third kappa shape index (κ3) is 4.01. The molecule has 0 saturated heterocycles. The summed E-state index contributed by atoms with van der Waals surface area (Å²) in [5, 5.41) is 7.89. The Bertz CT molecular complexity index is 992. The van der Waals surface area contributed by atoms with Crippen molar-refractivity contribution in [1.29, 1.82) is 0 Å². The number of rotatable bonds is 4. The lowest BCUT2D eigenvalue weighted by molar-refractivity contribution is 0.102. The maximum Gasteiger partial charge on any atom is 0.256 e. The van der Waals surface area contributed by atoms with Crippen molar-refractivity contribution in [2.75, 3.05) is 5.32 Å². The Hall–Kier alpha value is -2.88. The van der Waals surface area contributed by atoms with E-state index in [9.17, 15) is 4.79 Å². The molecular formula is C24H29N3O. The molecule has 0 aliphatic rings. The number of nitrogens with zero attached hydrogens (tertiary/aromatic N) is 2. The fourth-order valence-corrected chi connectivity index (χ4v) is 3.07. The highest BCUT2D eigenvalue weighted by atomic mass is 16.1. The van der Waals surface area contributed by atoms with Crippen LogP contribution in [-0.4, -0.2) is 15.7 Å². The molecule has 1 N–H and O–H groups in total. The molecule has 0 fully saturated rings. The predicted octanol–water partition coefficient (Wildman–Crippen LogP) is 5.60. The van der Waals surface area contributed by atoms with E-state index < -0.39 is 0 Å². The number of aryl methyl sites for hydroxylation is 2. The zero-order valence-electron chi connectivity index (χ0n) is 17.6. The predicted molar refractivity (Wildman–Crippen MR) is 116 cm³/mol. The van der Waals surface area contributed by atoms with Crippen LogP contribution in [0, 0.1) is 13.8 Å². The van der Waals surface area contributed by atoms with Gasteiger partial charge in [-0.05, 0) is 55.2 Å². The number of carbonyl (C=O) groups excluding carboxylic acids is 1. The van der Waals surface area contributed by atoms with E-state index in [1.807, 2.05) is 47.1 Å². The number of hydrogen-bond donors (Lipinski definition) is 1. The van der Waals surface area contributed by atoms with Gasteiger partial charge in [0.2, 0.25) is 0 Å². The quantitative estimate of drug-likeness (QED) is 0.645. The highest BCUT2D eigenvalue weighted by Gasteiger charge is 2.22. The van der Waals surface area contributed by atoms with Gasteiger partial charge >= 0.3 is 0 Å². The molecule has 3 rings (SSSR count). The van der Waals surface area contributed by atoms with E-state index in [1.165, 1.54) is 11.1 Å². The van der Waals surface area contributed by atoms with Crippen molar-refractivity contribution in [3.63, 3.8) is 0 Å². The van der Waals surface area contributed by atoms with Crippen molar-refractivity contribution < 1.29 is 4.79 Å². The van der Waals surface area contributed by atoms with E-state index in [-0.39, 0.29) is 11.3 Å². The van der Waals surface area contributed by atoms with Crippen LogP contribution in [0.4, 0.5) is 5.82 Å². The van der Waals surface area contributed by atoms with E-state index in [1.54, 1.807) is 0 Å². The van der Waals surface area contributed by atoms with Crippen molar-refractivity contribution in [2.24, 2.45) is 0 Å². The summed E-state index contributed by atoms with van der Waals surface area (Å²) >= 11 is 0. The normalized spacial score (nSPS) is 11.5. The van der Waals surface area contributed by atoms with Gasteiger partial charge in [-0.2, -0.15) is 5.10 Å². The second kappa shape index (κ2) is 7.63. The number of hydrogen-bond acceptors (Lipinski definition) is 2. The van der Waals surface area contributed by atoms with Crippen molar-refractivity contribution in [2.45, 2.75) is 53.4 Å². The summed E-state index contributed by atoms with van der Waals surface area (Å²) in [5.74, 6) is 0.553. The average Bonchev–Trinajstić information content (AvgIpc) is 3.08. The Morgan fingerprint density at radius 3 is 2.36 bits per heavy atom. The molecule has 28 heavy (non-hydrogen) atoms. The van der Waals surface area contributed by atoms with Crippen molar-refractivity contribution in [3.8, 4) is 5.69 Å². The van der Waals surface area contributed by atoms with Gasteiger partial charge < -0.3 is 5.32 Å². The summed E-state index contributed by atoms with van der Waals surface area (Å²) in [4.78, 5) is 12.9. The van der Waals surface area contributed by atoms with Crippen molar-refractivity contribution >= 4 is 11.7 Å². The summed E-state index contributed by atoms with van der Waals surface area (Å²) < 4.78 is 1.85. The van der Waals surface area contributed by atoms with Gasteiger partial charge in [-0.25, -0.2) is 4.68 Å². The topological polar surface area (TPSA) is 46.9 Å². The molecule has 146 valence electrons. The summed E-state index contributed by atoms with van der Waals surface area (Å²) in [7, 11) is 0. The van der Waals surface area contributed by atoms with Crippen molar-refractivity contribution in [3.05, 3.63) is 76.5 Å². The second-order valence-electron chi connectivity index (χ2n) is 8.30. The number of nitrogens with one attached hydrogen (secondary N) is 1. The lowest BCUT2D eigenvalue weighted by atomic mass is 9.92. The van der Waals surface area contributed by atoms with Gasteiger partial charge in [0.15, 0.2) is 0 Å². The lowest BCUT2D eigenvalue weighted by Gasteiger charge is -2.15. The lowest BCUT2D eigenvalue weighted by Crippen LogP contribution is -2.16. The highest BCUT2D eigenvalue weighted by molar-refractivity contribution is 6.04. The Morgan fingerprint density at radius 1 is 1.07 bits per heavy atom. The minimum atomic E-state index is -0.130. The molecule has 1 amide bonds. The van der Waals surface area contributed by atoms with E-state index >= 15 is 0 Å². The Balaban J connectivity index is 2.02. The molecule has 4 heteroatoms. The summed E-state index contributed by atoms with van der Waals surface area (Å²) in [6.45, 7) is 12.6. The van der Waals surface area contributed by atoms with E-state index in [4.69, 9.17) is 5.10 Å². The molecule has 0 saturated carbocycles. The number of aromatic nitrogens is 2. The number of anilines is 1.